The van der Waals surface area contributed by atoms with Crippen molar-refractivity contribution in [2.24, 2.45) is 5.92 Å². The lowest BCUT2D eigenvalue weighted by atomic mass is 10.1. The summed E-state index contributed by atoms with van der Waals surface area (Å²) in [6.07, 6.45) is 0. The number of halogens is 1. The normalized spacial score (nSPS) is 12.1. The Morgan fingerprint density at radius 2 is 1.94 bits per heavy atom. The minimum atomic E-state index is -0.0874. The van der Waals surface area contributed by atoms with E-state index in [0.717, 1.165) is 15.6 Å². The van der Waals surface area contributed by atoms with Crippen molar-refractivity contribution in [3.63, 3.8) is 0 Å². The van der Waals surface area contributed by atoms with Crippen LogP contribution in [0.2, 0.25) is 0 Å². The van der Waals surface area contributed by atoms with Crippen LogP contribution in [0.4, 0.5) is 0 Å². The molecule has 2 nitrogen and oxygen atoms in total. The number of ether oxygens (including phenoxy) is 1. The molecule has 0 saturated carbocycles. The molecule has 0 bridgehead atoms. The number of benzene rings is 2. The molecule has 1 unspecified atom stereocenters. The van der Waals surface area contributed by atoms with Crippen molar-refractivity contribution >= 4 is 26.7 Å². The lowest BCUT2D eigenvalue weighted by Gasteiger charge is -2.08. The molecule has 0 heterocycles. The first-order valence-corrected chi connectivity index (χ1v) is 6.20. The first-order chi connectivity index (χ1) is 8.19. The molecule has 2 aromatic rings. The van der Waals surface area contributed by atoms with E-state index < -0.39 is 0 Å². The van der Waals surface area contributed by atoms with E-state index in [1.807, 2.05) is 37.3 Å². The van der Waals surface area contributed by atoms with Crippen molar-refractivity contribution in [2.45, 2.75) is 6.92 Å². The van der Waals surface area contributed by atoms with E-state index in [0.29, 0.717) is 6.61 Å². The van der Waals surface area contributed by atoms with Crippen LogP contribution < -0.4 is 4.74 Å². The Morgan fingerprint density at radius 1 is 1.24 bits per heavy atom. The minimum absolute atomic E-state index is 0.0874. The Bertz CT molecular complexity index is 574. The molecule has 3 heteroatoms. The predicted octanol–water partition coefficient (Wildman–Crippen LogP) is 4.14. The van der Waals surface area contributed by atoms with Crippen molar-refractivity contribution in [3.8, 4) is 11.8 Å². The largest absolute Gasteiger partial charge is 0.492 e. The Balaban J connectivity index is 2.21. The van der Waals surface area contributed by atoms with E-state index in [4.69, 9.17) is 10.00 Å². The van der Waals surface area contributed by atoms with Gasteiger partial charge in [0.05, 0.1) is 12.0 Å². The molecular formula is C14H12BrNO. The zero-order valence-electron chi connectivity index (χ0n) is 9.48. The van der Waals surface area contributed by atoms with Crippen LogP contribution in [0.25, 0.3) is 10.8 Å². The molecule has 0 saturated heterocycles. The van der Waals surface area contributed by atoms with Crippen molar-refractivity contribution in [2.75, 3.05) is 6.61 Å². The van der Waals surface area contributed by atoms with E-state index in [1.54, 1.807) is 0 Å². The summed E-state index contributed by atoms with van der Waals surface area (Å²) >= 11 is 3.44. The van der Waals surface area contributed by atoms with Gasteiger partial charge in [-0.05, 0) is 42.0 Å². The third kappa shape index (κ3) is 2.98. The molecule has 17 heavy (non-hydrogen) atoms. The topological polar surface area (TPSA) is 33.0 Å². The highest BCUT2D eigenvalue weighted by Gasteiger charge is 2.02. The highest BCUT2D eigenvalue weighted by molar-refractivity contribution is 9.10. The fraction of sp³-hybridized carbons (Fsp3) is 0.214. The monoisotopic (exact) mass is 289 g/mol. The van der Waals surface area contributed by atoms with E-state index in [1.165, 1.54) is 5.39 Å². The Morgan fingerprint density at radius 3 is 2.71 bits per heavy atom. The van der Waals surface area contributed by atoms with Crippen LogP contribution in [0.5, 0.6) is 5.75 Å². The van der Waals surface area contributed by atoms with E-state index in [2.05, 4.69) is 28.1 Å². The van der Waals surface area contributed by atoms with Crippen molar-refractivity contribution in [1.82, 2.24) is 0 Å². The van der Waals surface area contributed by atoms with Crippen LogP contribution in [0.15, 0.2) is 40.9 Å². The molecule has 0 fully saturated rings. The molecule has 0 aliphatic heterocycles. The maximum absolute atomic E-state index is 8.68. The molecule has 2 rings (SSSR count). The number of fused-ring (bicyclic) bond motifs is 1. The standard InChI is InChI=1S/C14H12BrNO/c1-10(8-16)9-17-14-5-3-11-6-13(15)4-2-12(11)7-14/h2-7,10H,9H2,1H3. The molecule has 1 atom stereocenters. The number of rotatable bonds is 3. The summed E-state index contributed by atoms with van der Waals surface area (Å²) in [7, 11) is 0. The molecule has 0 aromatic heterocycles. The minimum Gasteiger partial charge on any atom is -0.492 e. The lowest BCUT2D eigenvalue weighted by Crippen LogP contribution is -2.05. The van der Waals surface area contributed by atoms with Crippen molar-refractivity contribution in [3.05, 3.63) is 40.9 Å². The SMILES string of the molecule is CC(C#N)COc1ccc2cc(Br)ccc2c1. The summed E-state index contributed by atoms with van der Waals surface area (Å²) in [4.78, 5) is 0. The average Bonchev–Trinajstić information content (AvgIpc) is 2.35. The van der Waals surface area contributed by atoms with Crippen LogP contribution >= 0.6 is 15.9 Å². The zero-order valence-corrected chi connectivity index (χ0v) is 11.1. The zero-order chi connectivity index (χ0) is 12.3. The summed E-state index contributed by atoms with van der Waals surface area (Å²) in [5.41, 5.74) is 0. The summed E-state index contributed by atoms with van der Waals surface area (Å²) < 4.78 is 6.63. The van der Waals surface area contributed by atoms with Gasteiger partial charge in [-0.1, -0.05) is 28.1 Å². The van der Waals surface area contributed by atoms with E-state index >= 15 is 0 Å². The first kappa shape index (κ1) is 11.9. The maximum Gasteiger partial charge on any atom is 0.119 e. The van der Waals surface area contributed by atoms with Crippen LogP contribution in [0, 0.1) is 17.2 Å². The van der Waals surface area contributed by atoms with Gasteiger partial charge in [0.15, 0.2) is 0 Å². The number of nitriles is 1. The third-order valence-electron chi connectivity index (χ3n) is 2.49. The van der Waals surface area contributed by atoms with Crippen LogP contribution in [-0.2, 0) is 0 Å². The van der Waals surface area contributed by atoms with Gasteiger partial charge < -0.3 is 4.74 Å². The fourth-order valence-electron chi connectivity index (χ4n) is 1.54. The van der Waals surface area contributed by atoms with Crippen molar-refractivity contribution < 1.29 is 4.74 Å². The molecule has 0 spiro atoms. The van der Waals surface area contributed by atoms with Gasteiger partial charge in [0.25, 0.3) is 0 Å². The van der Waals surface area contributed by atoms with Gasteiger partial charge in [0.1, 0.15) is 12.4 Å². The quantitative estimate of drug-likeness (QED) is 0.851. The Kier molecular flexibility index (Phi) is 3.65. The highest BCUT2D eigenvalue weighted by Crippen LogP contribution is 2.24. The smallest absolute Gasteiger partial charge is 0.119 e. The molecule has 86 valence electrons. The summed E-state index contributed by atoms with van der Waals surface area (Å²) in [6, 6.07) is 14.2. The molecular weight excluding hydrogens is 278 g/mol. The molecule has 0 aliphatic carbocycles. The number of nitrogens with zero attached hydrogens (tertiary/aromatic N) is 1. The van der Waals surface area contributed by atoms with Gasteiger partial charge in [-0.15, -0.1) is 0 Å². The second kappa shape index (κ2) is 5.20. The van der Waals surface area contributed by atoms with Gasteiger partial charge in [-0.3, -0.25) is 0 Å². The molecule has 0 N–H and O–H groups in total. The molecule has 2 aromatic carbocycles. The van der Waals surface area contributed by atoms with E-state index in [9.17, 15) is 0 Å². The number of hydrogen-bond donors (Lipinski definition) is 0. The number of hydrogen-bond acceptors (Lipinski definition) is 2. The van der Waals surface area contributed by atoms with Crippen LogP contribution in [0.3, 0.4) is 0 Å². The van der Waals surface area contributed by atoms with Crippen molar-refractivity contribution in [1.29, 1.82) is 5.26 Å². The molecule has 0 radical (unpaired) electrons. The summed E-state index contributed by atoms with van der Waals surface area (Å²) in [5.74, 6) is 0.720. The second-order valence-corrected chi connectivity index (χ2v) is 4.91. The summed E-state index contributed by atoms with van der Waals surface area (Å²) in [5, 5.41) is 11.0. The third-order valence-corrected chi connectivity index (χ3v) is 2.99. The fourth-order valence-corrected chi connectivity index (χ4v) is 1.92. The van der Waals surface area contributed by atoms with Crippen LogP contribution in [-0.4, -0.2) is 6.61 Å². The Hall–Kier alpha value is -1.53. The van der Waals surface area contributed by atoms with Gasteiger partial charge in [-0.25, -0.2) is 0 Å². The van der Waals surface area contributed by atoms with E-state index in [-0.39, 0.29) is 5.92 Å². The molecule has 0 aliphatic rings. The summed E-state index contributed by atoms with van der Waals surface area (Å²) in [6.45, 7) is 2.27. The van der Waals surface area contributed by atoms with Gasteiger partial charge in [-0.2, -0.15) is 5.26 Å². The molecule has 0 amide bonds. The van der Waals surface area contributed by atoms with Gasteiger partial charge in [0.2, 0.25) is 0 Å². The highest BCUT2D eigenvalue weighted by atomic mass is 79.9. The lowest BCUT2D eigenvalue weighted by molar-refractivity contribution is 0.288. The van der Waals surface area contributed by atoms with Gasteiger partial charge in [0, 0.05) is 4.47 Å². The average molecular weight is 290 g/mol. The van der Waals surface area contributed by atoms with Crippen LogP contribution in [0.1, 0.15) is 6.92 Å². The first-order valence-electron chi connectivity index (χ1n) is 5.41. The second-order valence-electron chi connectivity index (χ2n) is 3.99. The van der Waals surface area contributed by atoms with Gasteiger partial charge >= 0.3 is 0 Å². The maximum atomic E-state index is 8.68. The predicted molar refractivity (Wildman–Crippen MR) is 71.9 cm³/mol. The Labute approximate surface area is 109 Å².